The number of pyridine rings is 1. The summed E-state index contributed by atoms with van der Waals surface area (Å²) in [4.78, 5) is 6.66. The topological polar surface area (TPSA) is 28.2 Å². The number of nitrogens with zero attached hydrogens (tertiary/aromatic N) is 2. The van der Waals surface area contributed by atoms with Crippen LogP contribution < -0.4 is 10.2 Å². The van der Waals surface area contributed by atoms with Crippen molar-refractivity contribution >= 4 is 29.0 Å². The first-order valence-corrected chi connectivity index (χ1v) is 7.14. The Bertz CT molecular complexity index is 409. The SMILES string of the molecule is CC(C)NCC1CCCN1c1ncc(Cl)cc1Cl. The van der Waals surface area contributed by atoms with Crippen molar-refractivity contribution in [2.75, 3.05) is 18.0 Å². The Morgan fingerprint density at radius 2 is 2.28 bits per heavy atom. The third-order valence-electron chi connectivity index (χ3n) is 3.20. The quantitative estimate of drug-likeness (QED) is 0.921. The molecule has 1 aromatic heterocycles. The molecule has 2 rings (SSSR count). The van der Waals surface area contributed by atoms with E-state index < -0.39 is 0 Å². The first kappa shape index (κ1) is 13.9. The zero-order valence-corrected chi connectivity index (χ0v) is 12.3. The van der Waals surface area contributed by atoms with Gasteiger partial charge in [0.2, 0.25) is 0 Å². The predicted octanol–water partition coefficient (Wildman–Crippen LogP) is 3.36. The van der Waals surface area contributed by atoms with Gasteiger partial charge in [0.1, 0.15) is 5.82 Å². The fourth-order valence-electron chi connectivity index (χ4n) is 2.32. The van der Waals surface area contributed by atoms with Gasteiger partial charge in [0.25, 0.3) is 0 Å². The molecule has 0 aliphatic carbocycles. The molecule has 0 spiro atoms. The van der Waals surface area contributed by atoms with E-state index in [0.717, 1.165) is 18.9 Å². The Morgan fingerprint density at radius 3 is 2.94 bits per heavy atom. The van der Waals surface area contributed by atoms with Crippen molar-refractivity contribution in [2.24, 2.45) is 0 Å². The van der Waals surface area contributed by atoms with Gasteiger partial charge in [0.05, 0.1) is 10.0 Å². The van der Waals surface area contributed by atoms with E-state index in [1.807, 2.05) is 0 Å². The highest BCUT2D eigenvalue weighted by atomic mass is 35.5. The van der Waals surface area contributed by atoms with E-state index in [2.05, 4.69) is 29.0 Å². The highest BCUT2D eigenvalue weighted by Gasteiger charge is 2.27. The maximum atomic E-state index is 6.23. The number of hydrogen-bond acceptors (Lipinski definition) is 3. The summed E-state index contributed by atoms with van der Waals surface area (Å²) in [6.45, 7) is 6.30. The van der Waals surface area contributed by atoms with Crippen LogP contribution in [-0.4, -0.2) is 30.2 Å². The van der Waals surface area contributed by atoms with Crippen molar-refractivity contribution in [3.8, 4) is 0 Å². The van der Waals surface area contributed by atoms with Crippen LogP contribution >= 0.6 is 23.2 Å². The standard InChI is InChI=1S/C13H19Cl2N3/c1-9(2)16-8-11-4-3-5-18(11)13-12(15)6-10(14)7-17-13/h6-7,9,11,16H,3-5,8H2,1-2H3. The van der Waals surface area contributed by atoms with Crippen LogP contribution in [0.2, 0.25) is 10.0 Å². The first-order valence-electron chi connectivity index (χ1n) is 6.39. The van der Waals surface area contributed by atoms with Crippen molar-refractivity contribution in [3.05, 3.63) is 22.3 Å². The van der Waals surface area contributed by atoms with E-state index in [9.17, 15) is 0 Å². The summed E-state index contributed by atoms with van der Waals surface area (Å²) in [5, 5.41) is 4.70. The summed E-state index contributed by atoms with van der Waals surface area (Å²) in [5.74, 6) is 0.856. The summed E-state index contributed by atoms with van der Waals surface area (Å²) in [6, 6.07) is 2.73. The second-order valence-electron chi connectivity index (χ2n) is 5.01. The lowest BCUT2D eigenvalue weighted by Crippen LogP contribution is -2.40. The second kappa shape index (κ2) is 6.09. The number of nitrogens with one attached hydrogen (secondary N) is 1. The molecule has 1 aliphatic rings. The van der Waals surface area contributed by atoms with Crippen molar-refractivity contribution in [3.63, 3.8) is 0 Å². The first-order chi connectivity index (χ1) is 8.58. The molecule has 18 heavy (non-hydrogen) atoms. The third-order valence-corrected chi connectivity index (χ3v) is 3.68. The number of aromatic nitrogens is 1. The zero-order valence-electron chi connectivity index (χ0n) is 10.8. The third kappa shape index (κ3) is 3.28. The Labute approximate surface area is 118 Å². The highest BCUT2D eigenvalue weighted by molar-refractivity contribution is 6.36. The van der Waals surface area contributed by atoms with Gasteiger partial charge in [-0.2, -0.15) is 0 Å². The smallest absolute Gasteiger partial charge is 0.147 e. The molecule has 5 heteroatoms. The summed E-state index contributed by atoms with van der Waals surface area (Å²) < 4.78 is 0. The van der Waals surface area contributed by atoms with Crippen LogP contribution in [0.5, 0.6) is 0 Å². The van der Waals surface area contributed by atoms with Gasteiger partial charge in [-0.3, -0.25) is 0 Å². The van der Waals surface area contributed by atoms with Crippen LogP contribution in [0.3, 0.4) is 0 Å². The molecule has 1 atom stereocenters. The van der Waals surface area contributed by atoms with Crippen molar-refractivity contribution in [1.82, 2.24) is 10.3 Å². The van der Waals surface area contributed by atoms with E-state index >= 15 is 0 Å². The molecule has 100 valence electrons. The number of hydrogen-bond donors (Lipinski definition) is 1. The molecule has 1 fully saturated rings. The van der Waals surface area contributed by atoms with Gasteiger partial charge in [-0.1, -0.05) is 37.0 Å². The Balaban J connectivity index is 2.10. The van der Waals surface area contributed by atoms with E-state index in [1.54, 1.807) is 12.3 Å². The van der Waals surface area contributed by atoms with Crippen LogP contribution in [0.25, 0.3) is 0 Å². The number of halogens is 2. The summed E-state index contributed by atoms with van der Waals surface area (Å²) in [5.41, 5.74) is 0. The van der Waals surface area contributed by atoms with Gasteiger partial charge in [-0.05, 0) is 18.9 Å². The van der Waals surface area contributed by atoms with Gasteiger partial charge in [0, 0.05) is 31.4 Å². The van der Waals surface area contributed by atoms with Crippen molar-refractivity contribution < 1.29 is 0 Å². The maximum absolute atomic E-state index is 6.23. The predicted molar refractivity (Wildman–Crippen MR) is 77.8 cm³/mol. The zero-order chi connectivity index (χ0) is 13.1. The molecular weight excluding hydrogens is 269 g/mol. The van der Waals surface area contributed by atoms with E-state index in [4.69, 9.17) is 23.2 Å². The van der Waals surface area contributed by atoms with Crippen molar-refractivity contribution in [1.29, 1.82) is 0 Å². The number of rotatable bonds is 4. The highest BCUT2D eigenvalue weighted by Crippen LogP contribution is 2.31. The molecule has 3 nitrogen and oxygen atoms in total. The molecule has 0 bridgehead atoms. The fourth-order valence-corrected chi connectivity index (χ4v) is 2.81. The lowest BCUT2D eigenvalue weighted by atomic mass is 10.2. The molecule has 1 unspecified atom stereocenters. The molecule has 0 aromatic carbocycles. The van der Waals surface area contributed by atoms with E-state index in [0.29, 0.717) is 22.1 Å². The second-order valence-corrected chi connectivity index (χ2v) is 5.85. The molecule has 0 radical (unpaired) electrons. The minimum absolute atomic E-state index is 0.471. The number of anilines is 1. The monoisotopic (exact) mass is 287 g/mol. The summed E-state index contributed by atoms with van der Waals surface area (Å²) >= 11 is 12.1. The van der Waals surface area contributed by atoms with Crippen LogP contribution in [0.1, 0.15) is 26.7 Å². The van der Waals surface area contributed by atoms with Crippen LogP contribution in [0.4, 0.5) is 5.82 Å². The molecular formula is C13H19Cl2N3. The molecule has 1 aromatic rings. The molecule has 0 saturated carbocycles. The summed E-state index contributed by atoms with van der Waals surface area (Å²) in [6.07, 6.45) is 4.03. The lowest BCUT2D eigenvalue weighted by molar-refractivity contribution is 0.522. The minimum Gasteiger partial charge on any atom is -0.351 e. The van der Waals surface area contributed by atoms with Crippen LogP contribution in [0, 0.1) is 0 Å². The van der Waals surface area contributed by atoms with E-state index in [1.165, 1.54) is 12.8 Å². The fraction of sp³-hybridized carbons (Fsp3) is 0.615. The average molecular weight is 288 g/mol. The molecule has 1 saturated heterocycles. The van der Waals surface area contributed by atoms with Gasteiger partial charge >= 0.3 is 0 Å². The van der Waals surface area contributed by atoms with Gasteiger partial charge in [0.15, 0.2) is 0 Å². The molecule has 1 aliphatic heterocycles. The van der Waals surface area contributed by atoms with Crippen LogP contribution in [-0.2, 0) is 0 Å². The maximum Gasteiger partial charge on any atom is 0.147 e. The van der Waals surface area contributed by atoms with Gasteiger partial charge in [-0.25, -0.2) is 4.98 Å². The van der Waals surface area contributed by atoms with Gasteiger partial charge < -0.3 is 10.2 Å². The molecule has 2 heterocycles. The van der Waals surface area contributed by atoms with E-state index in [-0.39, 0.29) is 0 Å². The van der Waals surface area contributed by atoms with Gasteiger partial charge in [-0.15, -0.1) is 0 Å². The summed E-state index contributed by atoms with van der Waals surface area (Å²) in [7, 11) is 0. The van der Waals surface area contributed by atoms with Crippen molar-refractivity contribution in [2.45, 2.75) is 38.8 Å². The lowest BCUT2D eigenvalue weighted by Gasteiger charge is -2.27. The normalized spacial score (nSPS) is 19.8. The Hall–Kier alpha value is -0.510. The molecule has 0 amide bonds. The van der Waals surface area contributed by atoms with Crippen LogP contribution in [0.15, 0.2) is 12.3 Å². The Morgan fingerprint density at radius 1 is 1.50 bits per heavy atom. The average Bonchev–Trinajstić information content (AvgIpc) is 2.74. The largest absolute Gasteiger partial charge is 0.351 e. The Kier molecular flexibility index (Phi) is 4.71. The molecule has 1 N–H and O–H groups in total. The minimum atomic E-state index is 0.471.